The van der Waals surface area contributed by atoms with E-state index in [1.807, 2.05) is 0 Å². The van der Waals surface area contributed by atoms with Gasteiger partial charge in [-0.15, -0.1) is 0 Å². The molecule has 1 N–H and O–H groups in total. The van der Waals surface area contributed by atoms with Gasteiger partial charge in [-0.05, 0) is 53.2 Å². The van der Waals surface area contributed by atoms with Crippen LogP contribution in [0, 0.1) is 17.6 Å². The molecule has 0 bridgehead atoms. The monoisotopic (exact) mass is 332 g/mol. The topological polar surface area (TPSA) is 20.2 Å². The molecule has 19 heavy (non-hydrogen) atoms. The summed E-state index contributed by atoms with van der Waals surface area (Å²) in [5.74, 6) is -0.594. The number of aliphatic hydroxyl groups is 1. The molecule has 2 rings (SSSR count). The van der Waals surface area contributed by atoms with Crippen LogP contribution in [0.15, 0.2) is 16.6 Å². The molecule has 2 atom stereocenters. The summed E-state index contributed by atoms with van der Waals surface area (Å²) in [5.41, 5.74) is -0.987. The summed E-state index contributed by atoms with van der Waals surface area (Å²) in [7, 11) is 0. The van der Waals surface area contributed by atoms with E-state index in [4.69, 9.17) is 0 Å². The smallest absolute Gasteiger partial charge is 0.143 e. The van der Waals surface area contributed by atoms with E-state index in [2.05, 4.69) is 22.9 Å². The third-order valence-electron chi connectivity index (χ3n) is 4.09. The predicted octanol–water partition coefficient (Wildman–Crippen LogP) is 4.60. The minimum atomic E-state index is -0.979. The average molecular weight is 333 g/mol. The molecular weight excluding hydrogens is 314 g/mol. The van der Waals surface area contributed by atoms with E-state index in [0.717, 1.165) is 19.3 Å². The lowest BCUT2D eigenvalue weighted by atomic mass is 9.87. The average Bonchev–Trinajstić information content (AvgIpc) is 2.53. The standard InChI is InChI=1S/C15H19BrF2O/c1-10-3-2-7-15(19,8-6-10)9-11-13(17)5-4-12(16)14(11)18/h4-5,10,19H,2-3,6-9H2,1H3. The van der Waals surface area contributed by atoms with Crippen molar-refractivity contribution < 1.29 is 13.9 Å². The molecule has 0 spiro atoms. The maximum absolute atomic E-state index is 14.0. The minimum Gasteiger partial charge on any atom is -0.390 e. The Hall–Kier alpha value is -0.480. The van der Waals surface area contributed by atoms with Gasteiger partial charge in [-0.2, -0.15) is 0 Å². The molecule has 1 aromatic carbocycles. The van der Waals surface area contributed by atoms with Gasteiger partial charge in [0.05, 0.1) is 10.1 Å². The number of rotatable bonds is 2. The van der Waals surface area contributed by atoms with Crippen molar-refractivity contribution in [3.63, 3.8) is 0 Å². The van der Waals surface area contributed by atoms with Crippen LogP contribution in [0.4, 0.5) is 8.78 Å². The summed E-state index contributed by atoms with van der Waals surface area (Å²) in [4.78, 5) is 0. The van der Waals surface area contributed by atoms with Crippen molar-refractivity contribution in [1.29, 1.82) is 0 Å². The third kappa shape index (κ3) is 3.54. The van der Waals surface area contributed by atoms with Crippen molar-refractivity contribution in [1.82, 2.24) is 0 Å². The van der Waals surface area contributed by atoms with E-state index in [0.29, 0.717) is 18.8 Å². The molecule has 1 aromatic rings. The number of benzene rings is 1. The predicted molar refractivity (Wildman–Crippen MR) is 75.0 cm³/mol. The number of halogens is 3. The Morgan fingerprint density at radius 3 is 2.79 bits per heavy atom. The van der Waals surface area contributed by atoms with Gasteiger partial charge in [0, 0.05) is 12.0 Å². The van der Waals surface area contributed by atoms with Gasteiger partial charge in [-0.3, -0.25) is 0 Å². The van der Waals surface area contributed by atoms with Gasteiger partial charge in [0.15, 0.2) is 0 Å². The fraction of sp³-hybridized carbons (Fsp3) is 0.600. The molecule has 0 saturated heterocycles. The number of hydrogen-bond acceptors (Lipinski definition) is 1. The summed E-state index contributed by atoms with van der Waals surface area (Å²) >= 11 is 3.06. The molecule has 1 saturated carbocycles. The summed E-state index contributed by atoms with van der Waals surface area (Å²) < 4.78 is 28.0. The maximum atomic E-state index is 14.0. The zero-order valence-electron chi connectivity index (χ0n) is 11.1. The normalized spacial score (nSPS) is 28.2. The lowest BCUT2D eigenvalue weighted by molar-refractivity contribution is 0.0227. The van der Waals surface area contributed by atoms with Gasteiger partial charge in [0.2, 0.25) is 0 Å². The molecular formula is C15H19BrF2O. The first-order valence-corrected chi connectivity index (χ1v) is 7.55. The lowest BCUT2D eigenvalue weighted by Gasteiger charge is -2.27. The highest BCUT2D eigenvalue weighted by Crippen LogP contribution is 2.34. The largest absolute Gasteiger partial charge is 0.390 e. The van der Waals surface area contributed by atoms with E-state index in [9.17, 15) is 13.9 Å². The fourth-order valence-electron chi connectivity index (χ4n) is 2.80. The van der Waals surface area contributed by atoms with Crippen molar-refractivity contribution in [2.45, 2.75) is 51.0 Å². The Morgan fingerprint density at radius 2 is 2.05 bits per heavy atom. The van der Waals surface area contributed by atoms with Gasteiger partial charge in [-0.25, -0.2) is 8.78 Å². The van der Waals surface area contributed by atoms with E-state index in [1.54, 1.807) is 0 Å². The SMILES string of the molecule is CC1CCCC(O)(Cc2c(F)ccc(Br)c2F)CC1. The van der Waals surface area contributed by atoms with Crippen LogP contribution >= 0.6 is 15.9 Å². The van der Waals surface area contributed by atoms with Gasteiger partial charge >= 0.3 is 0 Å². The van der Waals surface area contributed by atoms with Crippen LogP contribution in [0.2, 0.25) is 0 Å². The van der Waals surface area contributed by atoms with Crippen LogP contribution in [-0.4, -0.2) is 10.7 Å². The Labute approximate surface area is 121 Å². The quantitative estimate of drug-likeness (QED) is 0.619. The Morgan fingerprint density at radius 1 is 1.32 bits per heavy atom. The number of hydrogen-bond donors (Lipinski definition) is 1. The molecule has 0 aliphatic heterocycles. The molecule has 2 unspecified atom stereocenters. The molecule has 106 valence electrons. The van der Waals surface area contributed by atoms with E-state index in [1.165, 1.54) is 12.1 Å². The van der Waals surface area contributed by atoms with Crippen LogP contribution in [-0.2, 0) is 6.42 Å². The Balaban J connectivity index is 2.22. The van der Waals surface area contributed by atoms with Crippen LogP contribution in [0.25, 0.3) is 0 Å². The first-order chi connectivity index (χ1) is 8.91. The molecule has 4 heteroatoms. The van der Waals surface area contributed by atoms with Crippen molar-refractivity contribution in [3.8, 4) is 0 Å². The second-order valence-corrected chi connectivity index (χ2v) is 6.61. The molecule has 0 radical (unpaired) electrons. The third-order valence-corrected chi connectivity index (χ3v) is 4.70. The summed E-state index contributed by atoms with van der Waals surface area (Å²) in [6.45, 7) is 2.16. The van der Waals surface area contributed by atoms with Crippen molar-refractivity contribution in [2.75, 3.05) is 0 Å². The first kappa shape index (κ1) is 14.9. The minimum absolute atomic E-state index is 0.00794. The van der Waals surface area contributed by atoms with Gasteiger partial charge in [0.1, 0.15) is 11.6 Å². The van der Waals surface area contributed by atoms with E-state index >= 15 is 0 Å². The second-order valence-electron chi connectivity index (χ2n) is 5.76. The summed E-state index contributed by atoms with van der Waals surface area (Å²) in [6.07, 6.45) is 4.17. The zero-order valence-corrected chi connectivity index (χ0v) is 12.6. The molecule has 0 amide bonds. The van der Waals surface area contributed by atoms with Crippen LogP contribution in [0.3, 0.4) is 0 Å². The van der Waals surface area contributed by atoms with Gasteiger partial charge in [0.25, 0.3) is 0 Å². The summed E-state index contributed by atoms with van der Waals surface area (Å²) in [5, 5.41) is 10.6. The van der Waals surface area contributed by atoms with E-state index < -0.39 is 17.2 Å². The molecule has 0 aromatic heterocycles. The van der Waals surface area contributed by atoms with Crippen LogP contribution in [0.5, 0.6) is 0 Å². The fourth-order valence-corrected chi connectivity index (χ4v) is 3.17. The summed E-state index contributed by atoms with van der Waals surface area (Å²) in [6, 6.07) is 2.60. The highest BCUT2D eigenvalue weighted by Gasteiger charge is 2.32. The molecule has 1 aliphatic rings. The highest BCUT2D eigenvalue weighted by molar-refractivity contribution is 9.10. The van der Waals surface area contributed by atoms with Gasteiger partial charge in [-0.1, -0.05) is 19.8 Å². The molecule has 0 heterocycles. The second kappa shape index (κ2) is 5.88. The Bertz CT molecular complexity index is 464. The van der Waals surface area contributed by atoms with Crippen molar-refractivity contribution in [2.24, 2.45) is 5.92 Å². The van der Waals surface area contributed by atoms with Crippen molar-refractivity contribution in [3.05, 3.63) is 33.8 Å². The lowest BCUT2D eigenvalue weighted by Crippen LogP contribution is -2.31. The maximum Gasteiger partial charge on any atom is 0.143 e. The van der Waals surface area contributed by atoms with Crippen LogP contribution in [0.1, 0.15) is 44.6 Å². The van der Waals surface area contributed by atoms with Crippen LogP contribution < -0.4 is 0 Å². The zero-order chi connectivity index (χ0) is 14.0. The molecule has 1 nitrogen and oxygen atoms in total. The van der Waals surface area contributed by atoms with Gasteiger partial charge < -0.3 is 5.11 Å². The van der Waals surface area contributed by atoms with Crippen molar-refractivity contribution >= 4 is 15.9 Å². The Kier molecular flexibility index (Phi) is 4.62. The molecule has 1 fully saturated rings. The highest BCUT2D eigenvalue weighted by atomic mass is 79.9. The molecule has 1 aliphatic carbocycles. The van der Waals surface area contributed by atoms with E-state index in [-0.39, 0.29) is 16.5 Å². The first-order valence-electron chi connectivity index (χ1n) is 6.76.